The van der Waals surface area contributed by atoms with Gasteiger partial charge >= 0.3 is 11.9 Å². The van der Waals surface area contributed by atoms with Gasteiger partial charge in [0.2, 0.25) is 0 Å². The van der Waals surface area contributed by atoms with Gasteiger partial charge < -0.3 is 14.2 Å². The Bertz CT molecular complexity index is 1200. The van der Waals surface area contributed by atoms with E-state index in [9.17, 15) is 9.59 Å². The van der Waals surface area contributed by atoms with E-state index in [0.717, 1.165) is 77.0 Å². The monoisotopic (exact) mass is 861 g/mol. The number of carbonyl (C=O) groups is 2. The predicted octanol–water partition coefficient (Wildman–Crippen LogP) is 17.5. The number of hydrogen-bond acceptors (Lipinski definition) is 5. The maximum absolute atomic E-state index is 12.7. The number of carbonyl (C=O) groups excluding carboxylic acids is 2. The van der Waals surface area contributed by atoms with E-state index in [1.165, 1.54) is 109 Å². The molecule has 1 atom stereocenters. The van der Waals surface area contributed by atoms with Crippen LogP contribution in [0.3, 0.4) is 0 Å². The Morgan fingerprint density at radius 3 is 1.29 bits per heavy atom. The molecule has 0 spiro atoms. The van der Waals surface area contributed by atoms with Crippen LogP contribution >= 0.6 is 0 Å². The maximum Gasteiger partial charge on any atom is 0.306 e. The zero-order chi connectivity index (χ0) is 44.9. The quantitative estimate of drug-likeness (QED) is 0.0347. The molecule has 0 radical (unpaired) electrons. The Morgan fingerprint density at radius 2 is 0.790 bits per heavy atom. The first-order valence-corrected chi connectivity index (χ1v) is 25.8. The van der Waals surface area contributed by atoms with Gasteiger partial charge in [0.15, 0.2) is 6.10 Å². The number of rotatable bonds is 46. The van der Waals surface area contributed by atoms with E-state index < -0.39 is 6.10 Å². The number of hydrogen-bond donors (Lipinski definition) is 0. The molecule has 0 saturated heterocycles. The van der Waals surface area contributed by atoms with Gasteiger partial charge in [0.25, 0.3) is 0 Å². The van der Waals surface area contributed by atoms with Gasteiger partial charge in [-0.25, -0.2) is 0 Å². The fourth-order valence-corrected chi connectivity index (χ4v) is 6.77. The van der Waals surface area contributed by atoms with Gasteiger partial charge in [-0.2, -0.15) is 0 Å². The Balaban J connectivity index is 4.34. The lowest BCUT2D eigenvalue weighted by atomic mass is 10.1. The van der Waals surface area contributed by atoms with E-state index >= 15 is 0 Å². The highest BCUT2D eigenvalue weighted by molar-refractivity contribution is 5.70. The summed E-state index contributed by atoms with van der Waals surface area (Å²) in [7, 11) is 0. The molecule has 0 rings (SSSR count). The van der Waals surface area contributed by atoms with Crippen molar-refractivity contribution in [3.05, 3.63) is 97.2 Å². The molecular weight excluding hydrogens is 765 g/mol. The lowest BCUT2D eigenvalue weighted by molar-refractivity contribution is -0.162. The van der Waals surface area contributed by atoms with E-state index in [0.29, 0.717) is 25.9 Å². The van der Waals surface area contributed by atoms with Gasteiger partial charge in [0, 0.05) is 19.4 Å². The van der Waals surface area contributed by atoms with E-state index in [4.69, 9.17) is 14.2 Å². The van der Waals surface area contributed by atoms with Crippen LogP contribution in [0.4, 0.5) is 0 Å². The molecule has 0 N–H and O–H groups in total. The third kappa shape index (κ3) is 49.5. The van der Waals surface area contributed by atoms with Crippen molar-refractivity contribution in [2.24, 2.45) is 0 Å². The van der Waals surface area contributed by atoms with Gasteiger partial charge in [0.05, 0.1) is 6.61 Å². The van der Waals surface area contributed by atoms with Gasteiger partial charge in [-0.1, -0.05) is 208 Å². The molecule has 5 heteroatoms. The number of ether oxygens (including phenoxy) is 3. The van der Waals surface area contributed by atoms with Crippen LogP contribution in [-0.4, -0.2) is 37.9 Å². The first kappa shape index (κ1) is 58.8. The standard InChI is InChI=1S/C57H96O5/c1-4-7-10-13-16-19-22-25-27-28-29-30-31-33-35-38-41-44-47-50-56(58)61-54-55(53-60-52-49-46-43-40-37-34-26-23-20-17-14-11-8-5-2)62-57(59)51-48-45-42-39-36-32-24-21-18-15-12-9-6-3/h9,11-12,14,16,18-21,23,25,27,32,36,42,45,55H,4-8,10,13,15,17,22,24,26,28-31,33-35,37-41,43-44,46-54H2,1-3H3/b12-9-,14-11-,19-16-,21-18-,23-20-,27-25-,36-32-,45-42-. The highest BCUT2D eigenvalue weighted by Crippen LogP contribution is 2.13. The van der Waals surface area contributed by atoms with Crippen LogP contribution in [0.2, 0.25) is 0 Å². The van der Waals surface area contributed by atoms with Gasteiger partial charge in [0.1, 0.15) is 6.61 Å². The summed E-state index contributed by atoms with van der Waals surface area (Å²) in [6, 6.07) is 0. The largest absolute Gasteiger partial charge is 0.462 e. The molecule has 0 aromatic rings. The van der Waals surface area contributed by atoms with Crippen molar-refractivity contribution in [1.82, 2.24) is 0 Å². The molecule has 0 bridgehead atoms. The summed E-state index contributed by atoms with van der Waals surface area (Å²) >= 11 is 0. The second-order valence-corrected chi connectivity index (χ2v) is 16.7. The topological polar surface area (TPSA) is 61.8 Å². The van der Waals surface area contributed by atoms with Gasteiger partial charge in [-0.15, -0.1) is 0 Å². The average molecular weight is 861 g/mol. The predicted molar refractivity (Wildman–Crippen MR) is 270 cm³/mol. The third-order valence-electron chi connectivity index (χ3n) is 10.6. The third-order valence-corrected chi connectivity index (χ3v) is 10.6. The van der Waals surface area contributed by atoms with Crippen molar-refractivity contribution in [3.63, 3.8) is 0 Å². The summed E-state index contributed by atoms with van der Waals surface area (Å²) in [4.78, 5) is 25.4. The minimum absolute atomic E-state index is 0.0456. The molecule has 0 aliphatic carbocycles. The van der Waals surface area contributed by atoms with Crippen molar-refractivity contribution in [2.75, 3.05) is 19.8 Å². The number of unbranched alkanes of at least 4 members (excludes halogenated alkanes) is 19. The molecule has 0 fully saturated rings. The summed E-state index contributed by atoms with van der Waals surface area (Å²) in [6.07, 6.45) is 70.0. The highest BCUT2D eigenvalue weighted by Gasteiger charge is 2.17. The Hall–Kier alpha value is -3.18. The van der Waals surface area contributed by atoms with Crippen molar-refractivity contribution < 1.29 is 23.8 Å². The summed E-state index contributed by atoms with van der Waals surface area (Å²) in [5, 5.41) is 0. The smallest absolute Gasteiger partial charge is 0.306 e. The van der Waals surface area contributed by atoms with Gasteiger partial charge in [-0.3, -0.25) is 9.59 Å². The molecular formula is C57H96O5. The van der Waals surface area contributed by atoms with Crippen LogP contribution in [0, 0.1) is 0 Å². The van der Waals surface area contributed by atoms with Crippen LogP contribution in [0.1, 0.15) is 226 Å². The van der Waals surface area contributed by atoms with Crippen molar-refractivity contribution >= 4 is 11.9 Å². The van der Waals surface area contributed by atoms with E-state index in [-0.39, 0.29) is 25.2 Å². The molecule has 0 aliphatic rings. The average Bonchev–Trinajstić information content (AvgIpc) is 3.27. The first-order valence-electron chi connectivity index (χ1n) is 25.8. The Morgan fingerprint density at radius 1 is 0.371 bits per heavy atom. The summed E-state index contributed by atoms with van der Waals surface area (Å²) < 4.78 is 17.3. The van der Waals surface area contributed by atoms with Crippen molar-refractivity contribution in [2.45, 2.75) is 232 Å². The fraction of sp³-hybridized carbons (Fsp3) is 0.684. The van der Waals surface area contributed by atoms with Gasteiger partial charge in [-0.05, 0) is 103 Å². The molecule has 5 nitrogen and oxygen atoms in total. The van der Waals surface area contributed by atoms with E-state index in [1.807, 2.05) is 6.08 Å². The Kier molecular flexibility index (Phi) is 49.5. The molecule has 0 heterocycles. The van der Waals surface area contributed by atoms with Crippen molar-refractivity contribution in [3.8, 4) is 0 Å². The SMILES string of the molecule is CC/C=C\C/C=C\C/C=C\C/C=C\CCC(=O)OC(COCCCCCCCC/C=C\C/C=C\CCC)COC(=O)CCCCCCCCCCC/C=C\C/C=C\CCCCC. The van der Waals surface area contributed by atoms with Crippen LogP contribution in [-0.2, 0) is 23.8 Å². The molecule has 0 aliphatic heterocycles. The molecule has 0 saturated carbocycles. The van der Waals surface area contributed by atoms with E-state index in [1.54, 1.807) is 0 Å². The Labute approximate surface area is 383 Å². The normalized spacial score (nSPS) is 13.0. The van der Waals surface area contributed by atoms with Crippen LogP contribution in [0.25, 0.3) is 0 Å². The number of esters is 2. The minimum atomic E-state index is -0.586. The summed E-state index contributed by atoms with van der Waals surface area (Å²) in [5.41, 5.74) is 0. The fourth-order valence-electron chi connectivity index (χ4n) is 6.77. The van der Waals surface area contributed by atoms with Crippen molar-refractivity contribution in [1.29, 1.82) is 0 Å². The lowest BCUT2D eigenvalue weighted by Gasteiger charge is -2.18. The highest BCUT2D eigenvalue weighted by atomic mass is 16.6. The maximum atomic E-state index is 12.7. The molecule has 0 amide bonds. The zero-order valence-electron chi connectivity index (χ0n) is 40.6. The molecule has 0 aromatic carbocycles. The minimum Gasteiger partial charge on any atom is -0.462 e. The number of allylic oxidation sites excluding steroid dienone is 16. The summed E-state index contributed by atoms with van der Waals surface area (Å²) in [5.74, 6) is -0.504. The van der Waals surface area contributed by atoms with Crippen LogP contribution in [0.15, 0.2) is 97.2 Å². The van der Waals surface area contributed by atoms with E-state index in [2.05, 4.69) is 112 Å². The first-order chi connectivity index (χ1) is 30.6. The molecule has 62 heavy (non-hydrogen) atoms. The molecule has 0 aromatic heterocycles. The summed E-state index contributed by atoms with van der Waals surface area (Å²) in [6.45, 7) is 7.52. The lowest BCUT2D eigenvalue weighted by Crippen LogP contribution is -2.30. The second kappa shape index (κ2) is 52.2. The molecule has 1 unspecified atom stereocenters. The van der Waals surface area contributed by atoms with Crippen LogP contribution in [0.5, 0.6) is 0 Å². The second-order valence-electron chi connectivity index (χ2n) is 16.7. The van der Waals surface area contributed by atoms with Crippen LogP contribution < -0.4 is 0 Å². The zero-order valence-corrected chi connectivity index (χ0v) is 40.6. The molecule has 354 valence electrons.